The lowest BCUT2D eigenvalue weighted by molar-refractivity contribution is -0.139. The van der Waals surface area contributed by atoms with Gasteiger partial charge in [-0.15, -0.1) is 11.8 Å². The molecule has 172 valence electrons. The van der Waals surface area contributed by atoms with E-state index < -0.39 is 10.9 Å². The van der Waals surface area contributed by atoms with Gasteiger partial charge >= 0.3 is 12.1 Å². The fourth-order valence-electron chi connectivity index (χ4n) is 3.06. The van der Waals surface area contributed by atoms with E-state index in [9.17, 15) is 14.4 Å². The Bertz CT molecular complexity index is 773. The van der Waals surface area contributed by atoms with Crippen LogP contribution in [0.15, 0.2) is 29.2 Å². The average molecular weight is 452 g/mol. The molecule has 1 unspecified atom stereocenters. The molecule has 1 aromatic carbocycles. The lowest BCUT2D eigenvalue weighted by Gasteiger charge is -2.35. The quantitative estimate of drug-likeness (QED) is 0.504. The van der Waals surface area contributed by atoms with Gasteiger partial charge in [0.25, 0.3) is 5.91 Å². The van der Waals surface area contributed by atoms with Crippen LogP contribution in [-0.2, 0) is 14.3 Å². The maximum atomic E-state index is 12.7. The van der Waals surface area contributed by atoms with Crippen LogP contribution in [0.5, 0.6) is 0 Å². The summed E-state index contributed by atoms with van der Waals surface area (Å²) in [6, 6.07) is 7.22. The first-order valence-electron chi connectivity index (χ1n) is 10.4. The predicted octanol–water partition coefficient (Wildman–Crippen LogP) is 2.62. The Balaban J connectivity index is 1.79. The number of ether oxygens (including phenoxy) is 2. The minimum absolute atomic E-state index is 0.174. The first-order chi connectivity index (χ1) is 14.6. The summed E-state index contributed by atoms with van der Waals surface area (Å²) in [5.41, 5.74) is 0.0415. The minimum Gasteiger partial charge on any atom is -0.468 e. The van der Waals surface area contributed by atoms with Crippen molar-refractivity contribution in [3.05, 3.63) is 29.8 Å². The summed E-state index contributed by atoms with van der Waals surface area (Å²) in [5, 5.41) is 2.55. The Labute approximate surface area is 188 Å². The zero-order valence-electron chi connectivity index (χ0n) is 19.0. The lowest BCUT2D eigenvalue weighted by atomic mass is 10.2. The number of amides is 2. The number of carbonyl (C=O) groups excluding carboxylic acids is 3. The number of hydrogen-bond donors (Lipinski definition) is 1. The summed E-state index contributed by atoms with van der Waals surface area (Å²) in [6.45, 7) is 11.2. The number of rotatable bonds is 7. The number of esters is 1. The standard InChI is InChI=1S/C22H33N3O5S/c1-16(20(27)29-5)31-18-9-7-6-8-17(18)19(26)23-10-11-24-12-14-25(15-13-24)21(28)30-22(2,3)4/h6-9,16H,10-15H2,1-5H3,(H,23,26). The fraction of sp³-hybridized carbons (Fsp3) is 0.591. The Morgan fingerprint density at radius 3 is 2.39 bits per heavy atom. The smallest absolute Gasteiger partial charge is 0.410 e. The first-order valence-corrected chi connectivity index (χ1v) is 11.3. The van der Waals surface area contributed by atoms with E-state index in [2.05, 4.69) is 10.2 Å². The van der Waals surface area contributed by atoms with Gasteiger partial charge in [0.15, 0.2) is 0 Å². The Morgan fingerprint density at radius 2 is 1.77 bits per heavy atom. The largest absolute Gasteiger partial charge is 0.468 e. The summed E-state index contributed by atoms with van der Waals surface area (Å²) < 4.78 is 10.2. The maximum absolute atomic E-state index is 12.7. The van der Waals surface area contributed by atoms with Crippen molar-refractivity contribution in [2.45, 2.75) is 43.4 Å². The van der Waals surface area contributed by atoms with Crippen molar-refractivity contribution in [3.8, 4) is 0 Å². The second-order valence-corrected chi connectivity index (χ2v) is 9.73. The van der Waals surface area contributed by atoms with Crippen LogP contribution in [0.4, 0.5) is 4.79 Å². The van der Waals surface area contributed by atoms with Crippen LogP contribution in [0.2, 0.25) is 0 Å². The van der Waals surface area contributed by atoms with Crippen molar-refractivity contribution < 1.29 is 23.9 Å². The molecule has 0 aliphatic carbocycles. The van der Waals surface area contributed by atoms with Gasteiger partial charge in [-0.2, -0.15) is 0 Å². The van der Waals surface area contributed by atoms with Crippen LogP contribution in [-0.4, -0.2) is 85.0 Å². The molecule has 2 rings (SSSR count). The highest BCUT2D eigenvalue weighted by atomic mass is 32.2. The molecule has 0 bridgehead atoms. The first kappa shape index (κ1) is 25.0. The SMILES string of the molecule is COC(=O)C(C)Sc1ccccc1C(=O)NCCN1CCN(C(=O)OC(C)(C)C)CC1. The zero-order chi connectivity index (χ0) is 23.0. The molecule has 1 aliphatic rings. The van der Waals surface area contributed by atoms with Crippen LogP contribution in [0.1, 0.15) is 38.1 Å². The molecule has 0 aromatic heterocycles. The molecular formula is C22H33N3O5S. The Morgan fingerprint density at radius 1 is 1.13 bits per heavy atom. The molecule has 1 fully saturated rings. The number of piperazine rings is 1. The number of thioether (sulfide) groups is 1. The molecule has 1 aliphatic heterocycles. The van der Waals surface area contributed by atoms with E-state index >= 15 is 0 Å². The Kier molecular flexibility index (Phi) is 9.18. The van der Waals surface area contributed by atoms with Crippen LogP contribution in [0.25, 0.3) is 0 Å². The van der Waals surface area contributed by atoms with Crippen molar-refractivity contribution in [2.75, 3.05) is 46.4 Å². The number of nitrogens with zero attached hydrogens (tertiary/aromatic N) is 2. The summed E-state index contributed by atoms with van der Waals surface area (Å²) in [7, 11) is 1.35. The number of carbonyl (C=O) groups is 3. The van der Waals surface area contributed by atoms with E-state index in [4.69, 9.17) is 9.47 Å². The summed E-state index contributed by atoms with van der Waals surface area (Å²) in [4.78, 5) is 41.2. The van der Waals surface area contributed by atoms with Gasteiger partial charge in [0, 0.05) is 44.2 Å². The molecule has 31 heavy (non-hydrogen) atoms. The molecule has 1 saturated heterocycles. The number of methoxy groups -OCH3 is 1. The third-order valence-electron chi connectivity index (χ3n) is 4.71. The fourth-order valence-corrected chi connectivity index (χ4v) is 4.08. The van der Waals surface area contributed by atoms with Crippen molar-refractivity contribution in [1.82, 2.24) is 15.1 Å². The minimum atomic E-state index is -0.498. The molecule has 1 aromatic rings. The van der Waals surface area contributed by atoms with E-state index in [1.807, 2.05) is 32.9 Å². The van der Waals surface area contributed by atoms with E-state index in [-0.39, 0.29) is 18.0 Å². The molecule has 8 nitrogen and oxygen atoms in total. The Hall–Kier alpha value is -2.26. The second-order valence-electron chi connectivity index (χ2n) is 8.34. The predicted molar refractivity (Wildman–Crippen MR) is 120 cm³/mol. The number of hydrogen-bond acceptors (Lipinski definition) is 7. The van der Waals surface area contributed by atoms with Crippen LogP contribution in [0, 0.1) is 0 Å². The molecule has 0 saturated carbocycles. The molecule has 1 heterocycles. The third-order valence-corrected chi connectivity index (χ3v) is 5.86. The summed E-state index contributed by atoms with van der Waals surface area (Å²) >= 11 is 1.30. The van der Waals surface area contributed by atoms with Gasteiger partial charge in [0.2, 0.25) is 0 Å². The molecule has 1 atom stereocenters. The monoisotopic (exact) mass is 451 g/mol. The average Bonchev–Trinajstić information content (AvgIpc) is 2.72. The van der Waals surface area contributed by atoms with Gasteiger partial charge in [-0.3, -0.25) is 14.5 Å². The highest BCUT2D eigenvalue weighted by Crippen LogP contribution is 2.27. The van der Waals surface area contributed by atoms with Crippen LogP contribution >= 0.6 is 11.8 Å². The topological polar surface area (TPSA) is 88.2 Å². The number of nitrogens with one attached hydrogen (secondary N) is 1. The highest BCUT2D eigenvalue weighted by Gasteiger charge is 2.26. The molecule has 0 spiro atoms. The van der Waals surface area contributed by atoms with Crippen LogP contribution < -0.4 is 5.32 Å². The van der Waals surface area contributed by atoms with Gasteiger partial charge < -0.3 is 19.7 Å². The lowest BCUT2D eigenvalue weighted by Crippen LogP contribution is -2.51. The molecule has 2 amide bonds. The van der Waals surface area contributed by atoms with Gasteiger partial charge in [0.1, 0.15) is 10.9 Å². The molecule has 1 N–H and O–H groups in total. The summed E-state index contributed by atoms with van der Waals surface area (Å²) in [5.74, 6) is -0.502. The van der Waals surface area contributed by atoms with E-state index in [1.54, 1.807) is 24.0 Å². The molecule has 9 heteroatoms. The highest BCUT2D eigenvalue weighted by molar-refractivity contribution is 8.00. The number of benzene rings is 1. The molecule has 0 radical (unpaired) electrons. The van der Waals surface area contributed by atoms with Gasteiger partial charge in [-0.05, 0) is 39.8 Å². The normalized spacial score (nSPS) is 15.8. The van der Waals surface area contributed by atoms with Gasteiger partial charge in [-0.1, -0.05) is 12.1 Å². The third kappa shape index (κ3) is 8.06. The van der Waals surface area contributed by atoms with Gasteiger partial charge in [-0.25, -0.2) is 4.79 Å². The maximum Gasteiger partial charge on any atom is 0.410 e. The summed E-state index contributed by atoms with van der Waals surface area (Å²) in [6.07, 6.45) is -0.282. The van der Waals surface area contributed by atoms with Crippen molar-refractivity contribution in [3.63, 3.8) is 0 Å². The van der Waals surface area contributed by atoms with E-state index in [0.29, 0.717) is 31.7 Å². The second kappa shape index (κ2) is 11.4. The van der Waals surface area contributed by atoms with Crippen LogP contribution in [0.3, 0.4) is 0 Å². The molecular weight excluding hydrogens is 418 g/mol. The van der Waals surface area contributed by atoms with Crippen molar-refractivity contribution >= 4 is 29.7 Å². The van der Waals surface area contributed by atoms with Crippen molar-refractivity contribution in [1.29, 1.82) is 0 Å². The van der Waals surface area contributed by atoms with Crippen molar-refractivity contribution in [2.24, 2.45) is 0 Å². The van der Waals surface area contributed by atoms with E-state index in [1.165, 1.54) is 18.9 Å². The van der Waals surface area contributed by atoms with E-state index in [0.717, 1.165) is 18.0 Å². The zero-order valence-corrected chi connectivity index (χ0v) is 19.8. The van der Waals surface area contributed by atoms with Gasteiger partial charge in [0.05, 0.1) is 12.7 Å².